The highest BCUT2D eigenvalue weighted by Gasteiger charge is 2.30. The molecule has 2 heterocycles. The monoisotopic (exact) mass is 318 g/mol. The van der Waals surface area contributed by atoms with Gasteiger partial charge in [0.25, 0.3) is 0 Å². The topological polar surface area (TPSA) is 64.7 Å². The fourth-order valence-electron chi connectivity index (χ4n) is 2.88. The number of sulfonamides is 1. The van der Waals surface area contributed by atoms with Gasteiger partial charge in [-0.1, -0.05) is 6.92 Å². The highest BCUT2D eigenvalue weighted by atomic mass is 32.2. The van der Waals surface area contributed by atoms with Crippen molar-refractivity contribution < 1.29 is 8.42 Å². The van der Waals surface area contributed by atoms with E-state index < -0.39 is 10.0 Å². The zero-order chi connectivity index (χ0) is 15.3. The molecule has 2 rings (SSSR count). The quantitative estimate of drug-likeness (QED) is 0.694. The van der Waals surface area contributed by atoms with Gasteiger partial charge in [-0.05, 0) is 38.4 Å². The number of rotatable bonds is 6. The van der Waals surface area contributed by atoms with E-state index in [-0.39, 0.29) is 11.2 Å². The third kappa shape index (κ3) is 5.83. The van der Waals surface area contributed by atoms with Gasteiger partial charge >= 0.3 is 0 Å². The standard InChI is InChI=1S/C14H30N4O2S/c1-14(3-7-17(2)8-4-14)13-16-21(19,20)12-11-18-9-5-15-6-10-18/h15-16H,3-13H2,1-2H3. The van der Waals surface area contributed by atoms with Gasteiger partial charge in [-0.15, -0.1) is 0 Å². The molecule has 6 nitrogen and oxygen atoms in total. The van der Waals surface area contributed by atoms with Crippen molar-refractivity contribution in [2.45, 2.75) is 19.8 Å². The first kappa shape index (κ1) is 17.1. The lowest BCUT2D eigenvalue weighted by molar-refractivity contribution is 0.143. The number of hydrogen-bond donors (Lipinski definition) is 2. The van der Waals surface area contributed by atoms with Crippen LogP contribution in [0.3, 0.4) is 0 Å². The first-order valence-corrected chi connectivity index (χ1v) is 9.63. The third-order valence-electron chi connectivity index (χ3n) is 4.80. The summed E-state index contributed by atoms with van der Waals surface area (Å²) in [5.74, 6) is 0.211. The Hall–Kier alpha value is -0.210. The van der Waals surface area contributed by atoms with Crippen molar-refractivity contribution in [1.29, 1.82) is 0 Å². The van der Waals surface area contributed by atoms with Crippen LogP contribution in [0.4, 0.5) is 0 Å². The van der Waals surface area contributed by atoms with E-state index in [1.54, 1.807) is 0 Å². The molecule has 7 heteroatoms. The normalized spacial score (nSPS) is 25.0. The van der Waals surface area contributed by atoms with Crippen LogP contribution in [0.2, 0.25) is 0 Å². The zero-order valence-electron chi connectivity index (χ0n) is 13.4. The van der Waals surface area contributed by atoms with Gasteiger partial charge in [-0.2, -0.15) is 0 Å². The number of hydrogen-bond acceptors (Lipinski definition) is 5. The largest absolute Gasteiger partial charge is 0.314 e. The van der Waals surface area contributed by atoms with Crippen LogP contribution in [-0.4, -0.2) is 83.4 Å². The third-order valence-corrected chi connectivity index (χ3v) is 6.10. The number of nitrogens with one attached hydrogen (secondary N) is 2. The van der Waals surface area contributed by atoms with Crippen molar-refractivity contribution in [3.8, 4) is 0 Å². The number of nitrogens with zero attached hydrogens (tertiary/aromatic N) is 2. The molecule has 0 aromatic rings. The minimum absolute atomic E-state index is 0.106. The summed E-state index contributed by atoms with van der Waals surface area (Å²) < 4.78 is 27.2. The van der Waals surface area contributed by atoms with Gasteiger partial charge in [0, 0.05) is 39.3 Å². The lowest BCUT2D eigenvalue weighted by Crippen LogP contribution is -2.47. The molecule has 21 heavy (non-hydrogen) atoms. The SMILES string of the molecule is CN1CCC(C)(CNS(=O)(=O)CCN2CCNCC2)CC1. The number of piperidine rings is 1. The van der Waals surface area contributed by atoms with E-state index in [4.69, 9.17) is 0 Å². The summed E-state index contributed by atoms with van der Waals surface area (Å²) >= 11 is 0. The molecule has 0 amide bonds. The highest BCUT2D eigenvalue weighted by molar-refractivity contribution is 7.89. The average Bonchev–Trinajstić information content (AvgIpc) is 2.48. The highest BCUT2D eigenvalue weighted by Crippen LogP contribution is 2.29. The first-order valence-electron chi connectivity index (χ1n) is 7.98. The van der Waals surface area contributed by atoms with Crippen LogP contribution in [0.15, 0.2) is 0 Å². The van der Waals surface area contributed by atoms with Gasteiger partial charge < -0.3 is 10.2 Å². The van der Waals surface area contributed by atoms with Crippen LogP contribution in [0.25, 0.3) is 0 Å². The second kappa shape index (κ2) is 7.37. The minimum atomic E-state index is -3.16. The van der Waals surface area contributed by atoms with Gasteiger partial charge in [-0.25, -0.2) is 13.1 Å². The zero-order valence-corrected chi connectivity index (χ0v) is 14.2. The Balaban J connectivity index is 1.73. The van der Waals surface area contributed by atoms with Gasteiger partial charge in [-0.3, -0.25) is 4.90 Å². The second-order valence-electron chi connectivity index (χ2n) is 6.85. The van der Waals surface area contributed by atoms with E-state index in [0.29, 0.717) is 13.1 Å². The number of piperazine rings is 1. The molecule has 2 N–H and O–H groups in total. The maximum Gasteiger partial charge on any atom is 0.212 e. The average molecular weight is 318 g/mol. The van der Waals surface area contributed by atoms with Crippen LogP contribution in [-0.2, 0) is 10.0 Å². The summed E-state index contributed by atoms with van der Waals surface area (Å²) in [7, 11) is -1.04. The Morgan fingerprint density at radius 2 is 1.76 bits per heavy atom. The lowest BCUT2D eigenvalue weighted by Gasteiger charge is -2.38. The summed E-state index contributed by atoms with van der Waals surface area (Å²) in [6, 6.07) is 0. The van der Waals surface area contributed by atoms with E-state index in [9.17, 15) is 8.42 Å². The summed E-state index contributed by atoms with van der Waals surface area (Å²) in [6.45, 7) is 9.31. The van der Waals surface area contributed by atoms with Crippen LogP contribution >= 0.6 is 0 Å². The van der Waals surface area contributed by atoms with Crippen LogP contribution in [0, 0.1) is 5.41 Å². The van der Waals surface area contributed by atoms with Gasteiger partial charge in [0.15, 0.2) is 0 Å². The van der Waals surface area contributed by atoms with Crippen molar-refractivity contribution >= 4 is 10.0 Å². The lowest BCUT2D eigenvalue weighted by atomic mass is 9.81. The second-order valence-corrected chi connectivity index (χ2v) is 8.77. The van der Waals surface area contributed by atoms with E-state index in [1.807, 2.05) is 0 Å². The van der Waals surface area contributed by atoms with Crippen molar-refractivity contribution in [3.05, 3.63) is 0 Å². The van der Waals surface area contributed by atoms with Crippen LogP contribution in [0.5, 0.6) is 0 Å². The molecule has 0 unspecified atom stereocenters. The molecular weight excluding hydrogens is 288 g/mol. The molecule has 0 atom stereocenters. The number of likely N-dealkylation sites (tertiary alicyclic amines) is 1. The Bertz CT molecular complexity index is 413. The molecule has 0 aromatic carbocycles. The molecule has 0 bridgehead atoms. The summed E-state index contributed by atoms with van der Waals surface area (Å²) in [5, 5.41) is 3.28. The van der Waals surface area contributed by atoms with Crippen molar-refractivity contribution in [2.75, 3.05) is 65.2 Å². The Morgan fingerprint density at radius 1 is 1.14 bits per heavy atom. The molecule has 0 spiro atoms. The van der Waals surface area contributed by atoms with Gasteiger partial charge in [0.1, 0.15) is 0 Å². The molecule has 124 valence electrons. The Morgan fingerprint density at radius 3 is 2.38 bits per heavy atom. The van der Waals surface area contributed by atoms with Crippen LogP contribution < -0.4 is 10.0 Å². The Labute approximate surface area is 129 Å². The fraction of sp³-hybridized carbons (Fsp3) is 1.00. The van der Waals surface area contributed by atoms with Gasteiger partial charge in [0.05, 0.1) is 5.75 Å². The van der Waals surface area contributed by atoms with Crippen molar-refractivity contribution in [2.24, 2.45) is 5.41 Å². The fourth-order valence-corrected chi connectivity index (χ4v) is 4.09. The summed E-state index contributed by atoms with van der Waals surface area (Å²) in [4.78, 5) is 4.52. The predicted octanol–water partition coefficient (Wildman–Crippen LogP) is -0.457. The molecule has 0 aliphatic carbocycles. The van der Waals surface area contributed by atoms with Crippen molar-refractivity contribution in [3.63, 3.8) is 0 Å². The Kier molecular flexibility index (Phi) is 6.02. The van der Waals surface area contributed by atoms with E-state index in [0.717, 1.165) is 52.1 Å². The molecular formula is C14H30N4O2S. The van der Waals surface area contributed by atoms with E-state index in [2.05, 4.69) is 33.8 Å². The molecule has 0 radical (unpaired) electrons. The van der Waals surface area contributed by atoms with Crippen molar-refractivity contribution in [1.82, 2.24) is 19.8 Å². The van der Waals surface area contributed by atoms with E-state index >= 15 is 0 Å². The molecule has 2 aliphatic heterocycles. The summed E-state index contributed by atoms with van der Waals surface area (Å²) in [5.41, 5.74) is 0.106. The smallest absolute Gasteiger partial charge is 0.212 e. The molecule has 2 saturated heterocycles. The molecule has 2 fully saturated rings. The minimum Gasteiger partial charge on any atom is -0.314 e. The molecule has 0 aromatic heterocycles. The molecule has 0 saturated carbocycles. The molecule has 2 aliphatic rings. The first-order chi connectivity index (χ1) is 9.89. The van der Waals surface area contributed by atoms with E-state index in [1.165, 1.54) is 0 Å². The predicted molar refractivity (Wildman–Crippen MR) is 85.9 cm³/mol. The summed E-state index contributed by atoms with van der Waals surface area (Å²) in [6.07, 6.45) is 2.12. The maximum absolute atomic E-state index is 12.2. The maximum atomic E-state index is 12.2. The van der Waals surface area contributed by atoms with Crippen LogP contribution in [0.1, 0.15) is 19.8 Å². The van der Waals surface area contributed by atoms with Gasteiger partial charge in [0.2, 0.25) is 10.0 Å².